The lowest BCUT2D eigenvalue weighted by atomic mass is 9.95. The highest BCUT2D eigenvalue weighted by Gasteiger charge is 2.46. The second-order valence-electron chi connectivity index (χ2n) is 8.85. The minimum Gasteiger partial charge on any atom is -0.350 e. The Hall–Kier alpha value is -3.16. The van der Waals surface area contributed by atoms with Gasteiger partial charge in [-0.05, 0) is 31.2 Å². The van der Waals surface area contributed by atoms with Crippen LogP contribution in [-0.2, 0) is 17.9 Å². The van der Waals surface area contributed by atoms with Crippen molar-refractivity contribution in [1.29, 1.82) is 0 Å². The Labute approximate surface area is 182 Å². The summed E-state index contributed by atoms with van der Waals surface area (Å²) in [5, 5.41) is 7.35. The summed E-state index contributed by atoms with van der Waals surface area (Å²) < 4.78 is 1.50. The average molecular weight is 424 g/mol. The van der Waals surface area contributed by atoms with E-state index in [1.165, 1.54) is 9.58 Å². The number of hydrogen-bond acceptors (Lipinski definition) is 4. The van der Waals surface area contributed by atoms with E-state index in [1.54, 1.807) is 24.9 Å². The van der Waals surface area contributed by atoms with Crippen molar-refractivity contribution in [1.82, 2.24) is 24.9 Å². The smallest absolute Gasteiger partial charge is 0.274 e. The maximum atomic E-state index is 13.1. The first kappa shape index (κ1) is 21.1. The molecule has 0 radical (unpaired) electrons. The number of likely N-dealkylation sites (N-methyl/N-ethyl adjacent to an activating group) is 1. The molecule has 1 saturated heterocycles. The van der Waals surface area contributed by atoms with Gasteiger partial charge < -0.3 is 15.1 Å². The molecule has 1 N–H and O–H groups in total. The fraction of sp³-hybridized carbons (Fsp3) is 0.478. The number of aromatic nitrogens is 2. The van der Waals surface area contributed by atoms with Gasteiger partial charge in [0.15, 0.2) is 5.69 Å². The lowest BCUT2D eigenvalue weighted by Gasteiger charge is -2.40. The summed E-state index contributed by atoms with van der Waals surface area (Å²) in [6.45, 7) is 5.89. The summed E-state index contributed by atoms with van der Waals surface area (Å²) in [6, 6.07) is 11.2. The van der Waals surface area contributed by atoms with E-state index in [0.29, 0.717) is 31.2 Å². The molecule has 2 aromatic rings. The van der Waals surface area contributed by atoms with Crippen molar-refractivity contribution in [3.05, 3.63) is 53.3 Å². The molecule has 31 heavy (non-hydrogen) atoms. The highest BCUT2D eigenvalue weighted by molar-refractivity contribution is 6.01. The summed E-state index contributed by atoms with van der Waals surface area (Å²) >= 11 is 0. The Kier molecular flexibility index (Phi) is 5.56. The predicted octanol–water partition coefficient (Wildman–Crippen LogP) is 1.92. The molecule has 1 aromatic heterocycles. The van der Waals surface area contributed by atoms with E-state index in [4.69, 9.17) is 0 Å². The molecule has 2 aliphatic heterocycles. The molecule has 164 valence electrons. The van der Waals surface area contributed by atoms with Gasteiger partial charge in [0.25, 0.3) is 11.8 Å². The summed E-state index contributed by atoms with van der Waals surface area (Å²) in [7, 11) is 1.62. The van der Waals surface area contributed by atoms with E-state index in [-0.39, 0.29) is 30.0 Å². The fourth-order valence-corrected chi connectivity index (χ4v) is 4.17. The number of piperidine rings is 1. The molecule has 0 saturated carbocycles. The minimum atomic E-state index is -1.11. The number of carbonyl (C=O) groups excluding carboxylic acids is 3. The summed E-state index contributed by atoms with van der Waals surface area (Å²) in [5.41, 5.74) is 0.476. The summed E-state index contributed by atoms with van der Waals surface area (Å²) in [4.78, 5) is 42.2. The van der Waals surface area contributed by atoms with Gasteiger partial charge in [-0.3, -0.25) is 19.1 Å². The van der Waals surface area contributed by atoms with Crippen LogP contribution in [0.3, 0.4) is 0 Å². The van der Waals surface area contributed by atoms with Gasteiger partial charge in [-0.15, -0.1) is 0 Å². The van der Waals surface area contributed by atoms with Crippen molar-refractivity contribution in [3.63, 3.8) is 0 Å². The zero-order valence-electron chi connectivity index (χ0n) is 18.3. The van der Waals surface area contributed by atoms with Gasteiger partial charge in [-0.1, -0.05) is 37.3 Å². The van der Waals surface area contributed by atoms with Crippen LogP contribution in [0.4, 0.5) is 0 Å². The Balaban J connectivity index is 1.51. The number of nitrogens with zero attached hydrogens (tertiary/aromatic N) is 4. The molecule has 1 fully saturated rings. The Morgan fingerprint density at radius 2 is 1.87 bits per heavy atom. The highest BCUT2D eigenvalue weighted by Crippen LogP contribution is 2.27. The fourth-order valence-electron chi connectivity index (χ4n) is 4.17. The lowest BCUT2D eigenvalue weighted by molar-refractivity contribution is -0.132. The molecule has 8 nitrogen and oxygen atoms in total. The largest absolute Gasteiger partial charge is 0.350 e. The van der Waals surface area contributed by atoms with Crippen LogP contribution >= 0.6 is 0 Å². The van der Waals surface area contributed by atoms with Crippen molar-refractivity contribution in [2.24, 2.45) is 5.92 Å². The number of nitrogens with one attached hydrogen (secondary N) is 1. The zero-order chi connectivity index (χ0) is 22.2. The highest BCUT2D eigenvalue weighted by atomic mass is 16.2. The number of benzene rings is 1. The molecule has 1 atom stereocenters. The van der Waals surface area contributed by atoms with Crippen molar-refractivity contribution in [2.75, 3.05) is 20.1 Å². The van der Waals surface area contributed by atoms with E-state index in [1.807, 2.05) is 30.3 Å². The van der Waals surface area contributed by atoms with E-state index in [9.17, 15) is 14.4 Å². The number of likely N-dealkylation sites (tertiary alicyclic amines) is 1. The van der Waals surface area contributed by atoms with Gasteiger partial charge in [0.05, 0.1) is 6.54 Å². The molecule has 0 bridgehead atoms. The molecular formula is C23H29N5O3. The van der Waals surface area contributed by atoms with Crippen molar-refractivity contribution in [3.8, 4) is 0 Å². The topological polar surface area (TPSA) is 87.5 Å². The van der Waals surface area contributed by atoms with Crippen molar-refractivity contribution >= 4 is 17.7 Å². The standard InChI is InChI=1S/C23H29N5O3/c1-16-9-11-27(12-10-16)20(29)18-13-19-21(30)26(3)23(2,15-28(19)25-18)22(31)24-14-17-7-5-4-6-8-17/h4-8,13,16H,9-12,14-15H2,1-3H3,(H,24,31)/t23-/m1/s1. The van der Waals surface area contributed by atoms with Gasteiger partial charge in [-0.2, -0.15) is 5.10 Å². The number of amides is 3. The first-order chi connectivity index (χ1) is 14.8. The number of rotatable bonds is 4. The van der Waals surface area contributed by atoms with Crippen LogP contribution in [0.15, 0.2) is 36.4 Å². The first-order valence-corrected chi connectivity index (χ1v) is 10.8. The van der Waals surface area contributed by atoms with Gasteiger partial charge in [-0.25, -0.2) is 0 Å². The Bertz CT molecular complexity index is 994. The van der Waals surface area contributed by atoms with Crippen LogP contribution in [0.2, 0.25) is 0 Å². The van der Waals surface area contributed by atoms with Gasteiger partial charge >= 0.3 is 0 Å². The Morgan fingerprint density at radius 1 is 1.19 bits per heavy atom. The molecule has 2 aliphatic rings. The number of carbonyl (C=O) groups is 3. The van der Waals surface area contributed by atoms with E-state index in [2.05, 4.69) is 17.3 Å². The molecule has 3 heterocycles. The van der Waals surface area contributed by atoms with Crippen molar-refractivity contribution in [2.45, 2.75) is 45.3 Å². The van der Waals surface area contributed by atoms with E-state index >= 15 is 0 Å². The maximum Gasteiger partial charge on any atom is 0.274 e. The van der Waals surface area contributed by atoms with Crippen LogP contribution in [0.5, 0.6) is 0 Å². The minimum absolute atomic E-state index is 0.153. The first-order valence-electron chi connectivity index (χ1n) is 10.8. The second kappa shape index (κ2) is 8.17. The quantitative estimate of drug-likeness (QED) is 0.814. The summed E-state index contributed by atoms with van der Waals surface area (Å²) in [6.07, 6.45) is 1.95. The molecule has 4 rings (SSSR count). The van der Waals surface area contributed by atoms with Crippen LogP contribution in [0.25, 0.3) is 0 Å². The summed E-state index contributed by atoms with van der Waals surface area (Å²) in [5.74, 6) is -0.113. The maximum absolute atomic E-state index is 13.1. The number of hydrogen-bond donors (Lipinski definition) is 1. The normalized spacial score (nSPS) is 21.7. The molecule has 0 spiro atoms. The third-order valence-electron chi connectivity index (χ3n) is 6.58. The van der Waals surface area contributed by atoms with E-state index < -0.39 is 5.54 Å². The molecule has 0 unspecified atom stereocenters. The lowest BCUT2D eigenvalue weighted by Crippen LogP contribution is -2.62. The van der Waals surface area contributed by atoms with Crippen molar-refractivity contribution < 1.29 is 14.4 Å². The van der Waals surface area contributed by atoms with Gasteiger partial charge in [0.1, 0.15) is 11.2 Å². The average Bonchev–Trinajstić information content (AvgIpc) is 3.20. The molecule has 3 amide bonds. The third kappa shape index (κ3) is 3.94. The third-order valence-corrected chi connectivity index (χ3v) is 6.58. The second-order valence-corrected chi connectivity index (χ2v) is 8.85. The van der Waals surface area contributed by atoms with Crippen LogP contribution in [0, 0.1) is 5.92 Å². The zero-order valence-corrected chi connectivity index (χ0v) is 18.3. The van der Waals surface area contributed by atoms with Crippen LogP contribution in [0.1, 0.15) is 53.2 Å². The SMILES string of the molecule is CC1CCN(C(=O)c2cc3n(n2)C[C@](C)(C(=O)NCc2ccccc2)N(C)C3=O)CC1. The van der Waals surface area contributed by atoms with Gasteiger partial charge in [0, 0.05) is 32.7 Å². The van der Waals surface area contributed by atoms with Gasteiger partial charge in [0.2, 0.25) is 5.91 Å². The number of fused-ring (bicyclic) bond motifs is 1. The molecular weight excluding hydrogens is 394 g/mol. The van der Waals surface area contributed by atoms with E-state index in [0.717, 1.165) is 18.4 Å². The van der Waals surface area contributed by atoms with Crippen LogP contribution in [-0.4, -0.2) is 63.0 Å². The molecule has 8 heteroatoms. The Morgan fingerprint density at radius 3 is 2.55 bits per heavy atom. The van der Waals surface area contributed by atoms with Crippen LogP contribution < -0.4 is 5.32 Å². The molecule has 1 aromatic carbocycles. The monoisotopic (exact) mass is 423 g/mol. The molecule has 0 aliphatic carbocycles. The predicted molar refractivity (Wildman–Crippen MR) is 115 cm³/mol.